The molecule has 0 atom stereocenters. The number of carbonyl (C=O) groups excluding carboxylic acids is 1. The highest BCUT2D eigenvalue weighted by molar-refractivity contribution is 7.17. The number of carbonyl (C=O) groups is 1. The average Bonchev–Trinajstić information content (AvgIpc) is 3.00. The van der Waals surface area contributed by atoms with Gasteiger partial charge in [0.25, 0.3) is 0 Å². The Kier molecular flexibility index (Phi) is 2.08. The number of aromatic nitrogens is 2. The third kappa shape index (κ3) is 1.51. The first-order valence-corrected chi connectivity index (χ1v) is 6.89. The zero-order chi connectivity index (χ0) is 13.0. The number of hydrogen-bond donors (Lipinski definition) is 1. The fraction of sp³-hybridized carbons (Fsp3) is 0.143. The molecule has 0 unspecified atom stereocenters. The molecule has 1 aliphatic rings. The minimum atomic E-state index is 0.0713. The molecule has 19 heavy (non-hydrogen) atoms. The summed E-state index contributed by atoms with van der Waals surface area (Å²) in [6.45, 7) is 2.10. The lowest BCUT2D eigenvalue weighted by Crippen LogP contribution is -2.03. The minimum Gasteiger partial charge on any atom is -0.326 e. The molecule has 4 rings (SSSR count). The minimum absolute atomic E-state index is 0.0713. The third-order valence-electron chi connectivity index (χ3n) is 3.43. The number of benzene rings is 1. The molecule has 94 valence electrons. The number of fused-ring (bicyclic) bond motifs is 2. The van der Waals surface area contributed by atoms with E-state index in [9.17, 15) is 4.79 Å². The summed E-state index contributed by atoms with van der Waals surface area (Å²) in [7, 11) is 0. The first-order chi connectivity index (χ1) is 9.22. The largest absolute Gasteiger partial charge is 0.326 e. The molecule has 3 heterocycles. The van der Waals surface area contributed by atoms with Crippen molar-refractivity contribution in [2.45, 2.75) is 13.3 Å². The van der Waals surface area contributed by atoms with Gasteiger partial charge in [-0.15, -0.1) is 11.3 Å². The molecule has 5 heteroatoms. The predicted octanol–water partition coefficient (Wildman–Crippen LogP) is 2.87. The van der Waals surface area contributed by atoms with E-state index in [0.717, 1.165) is 21.8 Å². The zero-order valence-corrected chi connectivity index (χ0v) is 11.1. The zero-order valence-electron chi connectivity index (χ0n) is 10.3. The van der Waals surface area contributed by atoms with Gasteiger partial charge in [0.05, 0.1) is 12.1 Å². The second-order valence-corrected chi connectivity index (χ2v) is 5.87. The molecule has 0 fully saturated rings. The van der Waals surface area contributed by atoms with E-state index in [-0.39, 0.29) is 5.91 Å². The van der Waals surface area contributed by atoms with E-state index >= 15 is 0 Å². The van der Waals surface area contributed by atoms with Crippen molar-refractivity contribution < 1.29 is 4.79 Å². The number of aryl methyl sites for hydroxylation is 1. The molecule has 1 N–H and O–H groups in total. The number of imidazole rings is 1. The lowest BCUT2D eigenvalue weighted by molar-refractivity contribution is -0.115. The second kappa shape index (κ2) is 3.68. The number of rotatable bonds is 1. The standard InChI is InChI=1S/C14H11N3OS/c1-8-13(17-5-4-15-14(17)19-8)9-2-3-11-10(6-9)7-12(18)16-11/h2-6H,7H2,1H3,(H,16,18). The first kappa shape index (κ1) is 10.8. The van der Waals surface area contributed by atoms with Crippen molar-refractivity contribution in [2.75, 3.05) is 5.32 Å². The number of anilines is 1. The number of hydrogen-bond acceptors (Lipinski definition) is 3. The van der Waals surface area contributed by atoms with Crippen LogP contribution in [0, 0.1) is 6.92 Å². The average molecular weight is 269 g/mol. The van der Waals surface area contributed by atoms with Crippen LogP contribution in [-0.4, -0.2) is 15.3 Å². The van der Waals surface area contributed by atoms with Crippen molar-refractivity contribution in [3.8, 4) is 11.3 Å². The van der Waals surface area contributed by atoms with Crippen LogP contribution < -0.4 is 5.32 Å². The van der Waals surface area contributed by atoms with Gasteiger partial charge in [-0.05, 0) is 24.6 Å². The molecule has 1 aromatic carbocycles. The van der Waals surface area contributed by atoms with Gasteiger partial charge in [0, 0.05) is 28.5 Å². The van der Waals surface area contributed by atoms with Crippen LogP contribution in [0.2, 0.25) is 0 Å². The van der Waals surface area contributed by atoms with E-state index in [1.165, 1.54) is 10.6 Å². The Hall–Kier alpha value is -2.14. The van der Waals surface area contributed by atoms with Crippen molar-refractivity contribution in [3.63, 3.8) is 0 Å². The fourth-order valence-corrected chi connectivity index (χ4v) is 3.56. The van der Waals surface area contributed by atoms with Crippen LogP contribution in [0.5, 0.6) is 0 Å². The number of thiazole rings is 1. The molecular weight excluding hydrogens is 258 g/mol. The van der Waals surface area contributed by atoms with Gasteiger partial charge in [-0.3, -0.25) is 9.20 Å². The van der Waals surface area contributed by atoms with Crippen LogP contribution >= 0.6 is 11.3 Å². The molecule has 3 aromatic rings. The molecule has 1 amide bonds. The smallest absolute Gasteiger partial charge is 0.228 e. The molecule has 1 aliphatic heterocycles. The maximum Gasteiger partial charge on any atom is 0.228 e. The van der Waals surface area contributed by atoms with Crippen LogP contribution in [0.4, 0.5) is 5.69 Å². The summed E-state index contributed by atoms with van der Waals surface area (Å²) in [5.41, 5.74) is 4.31. The van der Waals surface area contributed by atoms with Gasteiger partial charge in [0.15, 0.2) is 4.96 Å². The van der Waals surface area contributed by atoms with Crippen molar-refractivity contribution >= 4 is 27.9 Å². The van der Waals surface area contributed by atoms with E-state index in [1.807, 2.05) is 18.5 Å². The molecule has 0 spiro atoms. The van der Waals surface area contributed by atoms with Crippen LogP contribution in [0.3, 0.4) is 0 Å². The first-order valence-electron chi connectivity index (χ1n) is 6.08. The SMILES string of the molecule is Cc1sc2nccn2c1-c1ccc2c(c1)CC(=O)N2. The Labute approximate surface area is 113 Å². The Bertz CT molecular complexity index is 815. The van der Waals surface area contributed by atoms with E-state index in [2.05, 4.69) is 33.8 Å². The molecule has 0 saturated heterocycles. The summed E-state index contributed by atoms with van der Waals surface area (Å²) in [6, 6.07) is 6.14. The molecule has 4 nitrogen and oxygen atoms in total. The van der Waals surface area contributed by atoms with Gasteiger partial charge in [0.2, 0.25) is 5.91 Å². The molecule has 0 radical (unpaired) electrons. The quantitative estimate of drug-likeness (QED) is 0.738. The highest BCUT2D eigenvalue weighted by atomic mass is 32.1. The highest BCUT2D eigenvalue weighted by Crippen LogP contribution is 2.34. The van der Waals surface area contributed by atoms with Crippen LogP contribution in [0.1, 0.15) is 10.4 Å². The summed E-state index contributed by atoms with van der Waals surface area (Å²) in [5, 5.41) is 2.86. The van der Waals surface area contributed by atoms with Crippen LogP contribution in [0.25, 0.3) is 16.2 Å². The number of nitrogens with one attached hydrogen (secondary N) is 1. The summed E-state index contributed by atoms with van der Waals surface area (Å²) >= 11 is 1.68. The monoisotopic (exact) mass is 269 g/mol. The van der Waals surface area contributed by atoms with Gasteiger partial charge in [-0.1, -0.05) is 6.07 Å². The Balaban J connectivity index is 1.93. The molecule has 0 aliphatic carbocycles. The predicted molar refractivity (Wildman–Crippen MR) is 75.6 cm³/mol. The Morgan fingerprint density at radius 2 is 2.32 bits per heavy atom. The Morgan fingerprint density at radius 3 is 3.21 bits per heavy atom. The van der Waals surface area contributed by atoms with Gasteiger partial charge in [-0.2, -0.15) is 0 Å². The molecule has 0 bridgehead atoms. The maximum absolute atomic E-state index is 11.4. The normalized spacial score (nSPS) is 13.8. The van der Waals surface area contributed by atoms with Gasteiger partial charge >= 0.3 is 0 Å². The summed E-state index contributed by atoms with van der Waals surface area (Å²) in [4.78, 5) is 18.0. The van der Waals surface area contributed by atoms with E-state index < -0.39 is 0 Å². The molecule has 0 saturated carbocycles. The fourth-order valence-electron chi connectivity index (χ4n) is 2.61. The van der Waals surface area contributed by atoms with Crippen molar-refractivity contribution in [3.05, 3.63) is 41.0 Å². The molecule has 2 aromatic heterocycles. The van der Waals surface area contributed by atoms with Gasteiger partial charge in [-0.25, -0.2) is 4.98 Å². The van der Waals surface area contributed by atoms with Crippen molar-refractivity contribution in [2.24, 2.45) is 0 Å². The van der Waals surface area contributed by atoms with E-state index in [0.29, 0.717) is 6.42 Å². The van der Waals surface area contributed by atoms with Crippen LogP contribution in [0.15, 0.2) is 30.6 Å². The lowest BCUT2D eigenvalue weighted by atomic mass is 10.1. The van der Waals surface area contributed by atoms with E-state index in [4.69, 9.17) is 0 Å². The van der Waals surface area contributed by atoms with Gasteiger partial charge in [0.1, 0.15) is 0 Å². The third-order valence-corrected chi connectivity index (χ3v) is 4.41. The highest BCUT2D eigenvalue weighted by Gasteiger charge is 2.19. The topological polar surface area (TPSA) is 46.4 Å². The summed E-state index contributed by atoms with van der Waals surface area (Å²) in [5.74, 6) is 0.0713. The lowest BCUT2D eigenvalue weighted by Gasteiger charge is -2.05. The number of nitrogens with zero attached hydrogens (tertiary/aromatic N) is 2. The second-order valence-electron chi connectivity index (χ2n) is 4.68. The van der Waals surface area contributed by atoms with Gasteiger partial charge < -0.3 is 5.32 Å². The van der Waals surface area contributed by atoms with E-state index in [1.54, 1.807) is 11.3 Å². The van der Waals surface area contributed by atoms with Crippen molar-refractivity contribution in [1.82, 2.24) is 9.38 Å². The molecular formula is C14H11N3OS. The summed E-state index contributed by atoms with van der Waals surface area (Å²) in [6.07, 6.45) is 4.26. The maximum atomic E-state index is 11.4. The Morgan fingerprint density at radius 1 is 1.42 bits per heavy atom. The summed E-state index contributed by atoms with van der Waals surface area (Å²) < 4.78 is 2.10. The number of amides is 1. The van der Waals surface area contributed by atoms with Crippen LogP contribution in [-0.2, 0) is 11.2 Å². The van der Waals surface area contributed by atoms with Crippen molar-refractivity contribution in [1.29, 1.82) is 0 Å².